The summed E-state index contributed by atoms with van der Waals surface area (Å²) < 4.78 is 0. The maximum absolute atomic E-state index is 12.5. The second-order valence-electron chi connectivity index (χ2n) is 5.98. The van der Waals surface area contributed by atoms with Crippen LogP contribution in [0.4, 0.5) is 11.5 Å². The molecule has 3 rings (SSSR count). The number of rotatable bonds is 5. The van der Waals surface area contributed by atoms with Crippen LogP contribution in [-0.4, -0.2) is 15.9 Å². The van der Waals surface area contributed by atoms with Crippen LogP contribution >= 0.6 is 11.6 Å². The smallest absolute Gasteiger partial charge is 0.274 e. The quantitative estimate of drug-likeness (QED) is 0.676. The molecular formula is C20H19ClN4O. The van der Waals surface area contributed by atoms with E-state index in [4.69, 9.17) is 11.6 Å². The van der Waals surface area contributed by atoms with Crippen molar-refractivity contribution in [3.05, 3.63) is 82.8 Å². The Hall–Kier alpha value is -2.92. The number of hydrogen-bond acceptors (Lipinski definition) is 4. The van der Waals surface area contributed by atoms with Gasteiger partial charge < -0.3 is 10.6 Å². The highest BCUT2D eigenvalue weighted by Crippen LogP contribution is 2.21. The lowest BCUT2D eigenvalue weighted by atomic mass is 10.1. The zero-order valence-electron chi connectivity index (χ0n) is 14.5. The van der Waals surface area contributed by atoms with Gasteiger partial charge in [-0.2, -0.15) is 0 Å². The number of nitrogens with one attached hydrogen (secondary N) is 2. The van der Waals surface area contributed by atoms with E-state index in [9.17, 15) is 4.79 Å². The van der Waals surface area contributed by atoms with Gasteiger partial charge in [-0.15, -0.1) is 0 Å². The molecule has 26 heavy (non-hydrogen) atoms. The molecule has 1 heterocycles. The molecule has 3 aromatic rings. The zero-order chi connectivity index (χ0) is 18.5. The summed E-state index contributed by atoms with van der Waals surface area (Å²) in [6, 6.07) is 17.1. The molecule has 1 atom stereocenters. The molecule has 0 bridgehead atoms. The van der Waals surface area contributed by atoms with Gasteiger partial charge in [-0.05, 0) is 37.1 Å². The third kappa shape index (κ3) is 4.37. The molecule has 0 fully saturated rings. The van der Waals surface area contributed by atoms with Gasteiger partial charge in [0.15, 0.2) is 0 Å². The minimum atomic E-state index is -0.312. The summed E-state index contributed by atoms with van der Waals surface area (Å²) in [6.07, 6.45) is 1.37. The third-order valence-corrected chi connectivity index (χ3v) is 4.25. The first kappa shape index (κ1) is 17.9. The Morgan fingerprint density at radius 2 is 1.85 bits per heavy atom. The predicted molar refractivity (Wildman–Crippen MR) is 105 cm³/mol. The molecule has 132 valence electrons. The average Bonchev–Trinajstić information content (AvgIpc) is 2.65. The topological polar surface area (TPSA) is 66.9 Å². The monoisotopic (exact) mass is 366 g/mol. The van der Waals surface area contributed by atoms with E-state index in [1.807, 2.05) is 50.2 Å². The van der Waals surface area contributed by atoms with Crippen LogP contribution in [0.2, 0.25) is 5.02 Å². The van der Waals surface area contributed by atoms with E-state index >= 15 is 0 Å². The van der Waals surface area contributed by atoms with Gasteiger partial charge in [-0.25, -0.2) is 9.97 Å². The van der Waals surface area contributed by atoms with Crippen molar-refractivity contribution in [3.8, 4) is 0 Å². The molecule has 0 aliphatic rings. The van der Waals surface area contributed by atoms with Gasteiger partial charge in [-0.1, -0.05) is 48.0 Å². The van der Waals surface area contributed by atoms with Gasteiger partial charge in [0.1, 0.15) is 17.8 Å². The Kier molecular flexibility index (Phi) is 5.49. The summed E-state index contributed by atoms with van der Waals surface area (Å²) in [7, 11) is 0. The van der Waals surface area contributed by atoms with Crippen molar-refractivity contribution >= 4 is 29.0 Å². The van der Waals surface area contributed by atoms with E-state index in [1.165, 1.54) is 6.33 Å². The average molecular weight is 367 g/mol. The molecule has 0 saturated carbocycles. The van der Waals surface area contributed by atoms with Gasteiger partial charge in [-0.3, -0.25) is 4.79 Å². The largest absolute Gasteiger partial charge is 0.363 e. The maximum atomic E-state index is 12.5. The lowest BCUT2D eigenvalue weighted by molar-refractivity contribution is 0.102. The second-order valence-corrected chi connectivity index (χ2v) is 6.41. The Balaban J connectivity index is 1.74. The lowest BCUT2D eigenvalue weighted by Crippen LogP contribution is -2.16. The van der Waals surface area contributed by atoms with Crippen molar-refractivity contribution in [1.29, 1.82) is 0 Å². The summed E-state index contributed by atoms with van der Waals surface area (Å²) >= 11 is 6.00. The van der Waals surface area contributed by atoms with Crippen molar-refractivity contribution < 1.29 is 4.79 Å². The summed E-state index contributed by atoms with van der Waals surface area (Å²) in [4.78, 5) is 20.8. The van der Waals surface area contributed by atoms with Crippen molar-refractivity contribution in [2.45, 2.75) is 19.9 Å². The first-order chi connectivity index (χ1) is 12.5. The van der Waals surface area contributed by atoms with E-state index in [0.29, 0.717) is 16.5 Å². The first-order valence-electron chi connectivity index (χ1n) is 8.24. The Bertz CT molecular complexity index is 915. The molecule has 0 aliphatic carbocycles. The zero-order valence-corrected chi connectivity index (χ0v) is 15.3. The highest BCUT2D eigenvalue weighted by Gasteiger charge is 2.12. The molecule has 1 unspecified atom stereocenters. The molecule has 0 spiro atoms. The van der Waals surface area contributed by atoms with Crippen molar-refractivity contribution in [3.63, 3.8) is 0 Å². The number of halogens is 1. The predicted octanol–water partition coefficient (Wildman–Crippen LogP) is 4.86. The standard InChI is InChI=1S/C20H19ClN4O/c1-13-8-9-16(21)10-17(13)25-20(26)18-11-19(23-12-22-18)24-14(2)15-6-4-3-5-7-15/h3-12,14H,1-2H3,(H,25,26)(H,22,23,24). The SMILES string of the molecule is Cc1ccc(Cl)cc1NC(=O)c1cc(NC(C)c2ccccc2)ncn1. The van der Waals surface area contributed by atoms with Crippen LogP contribution in [-0.2, 0) is 0 Å². The normalized spacial score (nSPS) is 11.7. The van der Waals surface area contributed by atoms with Crippen LogP contribution in [0.3, 0.4) is 0 Å². The number of hydrogen-bond donors (Lipinski definition) is 2. The fourth-order valence-electron chi connectivity index (χ4n) is 2.52. The van der Waals surface area contributed by atoms with E-state index < -0.39 is 0 Å². The van der Waals surface area contributed by atoms with Crippen LogP contribution in [0.1, 0.15) is 34.6 Å². The molecule has 2 aromatic carbocycles. The number of benzene rings is 2. The molecule has 1 aromatic heterocycles. The molecular weight excluding hydrogens is 348 g/mol. The number of anilines is 2. The number of aromatic nitrogens is 2. The minimum Gasteiger partial charge on any atom is -0.363 e. The van der Waals surface area contributed by atoms with Crippen molar-refractivity contribution in [2.75, 3.05) is 10.6 Å². The first-order valence-corrected chi connectivity index (χ1v) is 8.62. The van der Waals surface area contributed by atoms with Gasteiger partial charge in [0.25, 0.3) is 5.91 Å². The summed E-state index contributed by atoms with van der Waals surface area (Å²) in [6.45, 7) is 3.94. The number of carbonyl (C=O) groups is 1. The molecule has 0 aliphatic heterocycles. The fourth-order valence-corrected chi connectivity index (χ4v) is 2.69. The van der Waals surface area contributed by atoms with Crippen LogP contribution in [0.25, 0.3) is 0 Å². The Morgan fingerprint density at radius 3 is 2.62 bits per heavy atom. The molecule has 6 heteroatoms. The van der Waals surface area contributed by atoms with Gasteiger partial charge >= 0.3 is 0 Å². The maximum Gasteiger partial charge on any atom is 0.274 e. The molecule has 0 radical (unpaired) electrons. The Labute approximate surface area is 157 Å². The number of carbonyl (C=O) groups excluding carboxylic acids is 1. The highest BCUT2D eigenvalue weighted by atomic mass is 35.5. The summed E-state index contributed by atoms with van der Waals surface area (Å²) in [5.74, 6) is 0.275. The molecule has 1 amide bonds. The summed E-state index contributed by atoms with van der Waals surface area (Å²) in [5, 5.41) is 6.69. The number of aryl methyl sites for hydroxylation is 1. The molecule has 0 saturated heterocycles. The van der Waals surface area contributed by atoms with E-state index in [1.54, 1.807) is 18.2 Å². The van der Waals surface area contributed by atoms with Crippen LogP contribution in [0, 0.1) is 6.92 Å². The third-order valence-electron chi connectivity index (χ3n) is 4.01. The molecule has 5 nitrogen and oxygen atoms in total. The summed E-state index contributed by atoms with van der Waals surface area (Å²) in [5.41, 5.74) is 3.00. The number of nitrogens with zero attached hydrogens (tertiary/aromatic N) is 2. The molecule has 2 N–H and O–H groups in total. The van der Waals surface area contributed by atoms with Crippen LogP contribution in [0.5, 0.6) is 0 Å². The number of amides is 1. The van der Waals surface area contributed by atoms with Crippen LogP contribution < -0.4 is 10.6 Å². The van der Waals surface area contributed by atoms with E-state index in [2.05, 4.69) is 20.6 Å². The minimum absolute atomic E-state index is 0.0529. The van der Waals surface area contributed by atoms with Gasteiger partial charge in [0.05, 0.1) is 0 Å². The highest BCUT2D eigenvalue weighted by molar-refractivity contribution is 6.31. The Morgan fingerprint density at radius 1 is 1.08 bits per heavy atom. The fraction of sp³-hybridized carbons (Fsp3) is 0.150. The van der Waals surface area contributed by atoms with E-state index in [0.717, 1.165) is 11.1 Å². The van der Waals surface area contributed by atoms with Crippen molar-refractivity contribution in [2.24, 2.45) is 0 Å². The van der Waals surface area contributed by atoms with Crippen molar-refractivity contribution in [1.82, 2.24) is 9.97 Å². The van der Waals surface area contributed by atoms with Gasteiger partial charge in [0, 0.05) is 22.8 Å². The van der Waals surface area contributed by atoms with Crippen LogP contribution in [0.15, 0.2) is 60.9 Å². The lowest BCUT2D eigenvalue weighted by Gasteiger charge is -2.15. The second kappa shape index (κ2) is 7.97. The van der Waals surface area contributed by atoms with Gasteiger partial charge in [0.2, 0.25) is 0 Å². The van der Waals surface area contributed by atoms with E-state index in [-0.39, 0.29) is 17.6 Å².